The number of hydrogen-bond donors (Lipinski definition) is 1. The molecule has 0 aliphatic carbocycles. The molecular weight excluding hydrogens is 312 g/mol. The zero-order valence-corrected chi connectivity index (χ0v) is 15.6. The molecule has 1 aromatic rings. The average Bonchev–Trinajstić information content (AvgIpc) is 2.57. The number of hydrogen-bond acceptors (Lipinski definition) is 3. The van der Waals surface area contributed by atoms with Gasteiger partial charge in [-0.05, 0) is 57.0 Å². The van der Waals surface area contributed by atoms with E-state index in [0.29, 0.717) is 0 Å². The number of carbonyl (C=O) groups excluding carboxylic acids is 1. The number of likely N-dealkylation sites (tertiary alicyclic amines) is 1. The summed E-state index contributed by atoms with van der Waals surface area (Å²) >= 11 is 0. The fourth-order valence-corrected chi connectivity index (χ4v) is 3.16. The molecule has 25 heavy (non-hydrogen) atoms. The van der Waals surface area contributed by atoms with E-state index in [1.807, 2.05) is 26.8 Å². The Bertz CT molecular complexity index is 626. The molecule has 1 aliphatic rings. The lowest BCUT2D eigenvalue weighted by Gasteiger charge is -2.37. The van der Waals surface area contributed by atoms with Gasteiger partial charge in [-0.25, -0.2) is 0 Å². The summed E-state index contributed by atoms with van der Waals surface area (Å²) in [4.78, 5) is 13.9. The number of benzene rings is 1. The molecule has 0 aromatic heterocycles. The minimum atomic E-state index is -0.343. The largest absolute Gasteiger partial charge is 0.491 e. The highest BCUT2D eigenvalue weighted by Crippen LogP contribution is 2.31. The van der Waals surface area contributed by atoms with Crippen molar-refractivity contribution < 1.29 is 9.53 Å². The van der Waals surface area contributed by atoms with E-state index in [9.17, 15) is 4.79 Å². The van der Waals surface area contributed by atoms with Crippen LogP contribution in [0, 0.1) is 5.41 Å². The molecule has 0 spiro atoms. The second-order valence-corrected chi connectivity index (χ2v) is 7.22. The number of amides is 1. The maximum Gasteiger partial charge on any atom is 0.223 e. The van der Waals surface area contributed by atoms with Gasteiger partial charge in [0.05, 0.1) is 5.76 Å². The van der Waals surface area contributed by atoms with Crippen LogP contribution >= 0.6 is 0 Å². The Morgan fingerprint density at radius 2 is 1.96 bits per heavy atom. The molecule has 2 rings (SSSR count). The van der Waals surface area contributed by atoms with E-state index in [-0.39, 0.29) is 17.4 Å². The van der Waals surface area contributed by atoms with Crippen molar-refractivity contribution in [2.45, 2.75) is 46.3 Å². The van der Waals surface area contributed by atoms with Crippen LogP contribution in [0.1, 0.15) is 50.8 Å². The molecule has 1 unspecified atom stereocenters. The molecular formula is C21H30N2O2. The summed E-state index contributed by atoms with van der Waals surface area (Å²) in [6, 6.07) is 8.56. The van der Waals surface area contributed by atoms with Crippen LogP contribution in [0.25, 0.3) is 0 Å². The molecule has 1 aliphatic heterocycles. The Hall–Kier alpha value is -2.07. The number of nitrogens with zero attached hydrogens (tertiary/aromatic N) is 1. The highest BCUT2D eigenvalue weighted by Gasteiger charge is 2.34. The van der Waals surface area contributed by atoms with Crippen LogP contribution in [0.3, 0.4) is 0 Å². The summed E-state index contributed by atoms with van der Waals surface area (Å²) in [7, 11) is 0. The van der Waals surface area contributed by atoms with Gasteiger partial charge in [-0.15, -0.1) is 0 Å². The number of piperidine rings is 1. The number of allylic oxidation sites excluding steroid dienone is 3. The van der Waals surface area contributed by atoms with E-state index in [1.54, 1.807) is 6.08 Å². The van der Waals surface area contributed by atoms with Crippen LogP contribution in [0.2, 0.25) is 0 Å². The van der Waals surface area contributed by atoms with E-state index in [1.165, 1.54) is 5.56 Å². The Morgan fingerprint density at radius 3 is 2.48 bits per heavy atom. The highest BCUT2D eigenvalue weighted by atomic mass is 16.5. The van der Waals surface area contributed by atoms with Gasteiger partial charge in [-0.2, -0.15) is 0 Å². The minimum absolute atomic E-state index is 0.0107. The number of nitrogens with two attached hydrogens (primary N) is 1. The average molecular weight is 342 g/mol. The Morgan fingerprint density at radius 1 is 1.36 bits per heavy atom. The number of rotatable bonds is 7. The lowest BCUT2D eigenvalue weighted by Crippen LogP contribution is -2.45. The van der Waals surface area contributed by atoms with Crippen molar-refractivity contribution in [2.75, 3.05) is 13.1 Å². The van der Waals surface area contributed by atoms with E-state index >= 15 is 0 Å². The molecule has 2 N–H and O–H groups in total. The first-order valence-electron chi connectivity index (χ1n) is 8.91. The van der Waals surface area contributed by atoms with E-state index in [2.05, 4.69) is 35.7 Å². The van der Waals surface area contributed by atoms with E-state index in [4.69, 9.17) is 10.5 Å². The molecule has 4 nitrogen and oxygen atoms in total. The predicted octanol–water partition coefficient (Wildman–Crippen LogP) is 3.94. The number of primary amides is 1. The van der Waals surface area contributed by atoms with Crippen LogP contribution in [0.4, 0.5) is 0 Å². The van der Waals surface area contributed by atoms with Crippen LogP contribution in [0.5, 0.6) is 0 Å². The second-order valence-electron chi connectivity index (χ2n) is 7.22. The molecule has 0 bridgehead atoms. The van der Waals surface area contributed by atoms with Crippen molar-refractivity contribution in [2.24, 2.45) is 11.1 Å². The fourth-order valence-electron chi connectivity index (χ4n) is 3.16. The summed E-state index contributed by atoms with van der Waals surface area (Å²) in [5.74, 6) is 0.684. The van der Waals surface area contributed by atoms with Crippen molar-refractivity contribution in [3.8, 4) is 0 Å². The van der Waals surface area contributed by atoms with Crippen LogP contribution in [-0.2, 0) is 16.1 Å². The van der Waals surface area contributed by atoms with Gasteiger partial charge in [0.25, 0.3) is 0 Å². The van der Waals surface area contributed by atoms with Crippen molar-refractivity contribution in [3.05, 3.63) is 59.9 Å². The Balaban J connectivity index is 1.90. The second kappa shape index (κ2) is 8.34. The maximum atomic E-state index is 11.5. The van der Waals surface area contributed by atoms with Gasteiger partial charge in [0.15, 0.2) is 0 Å². The summed E-state index contributed by atoms with van der Waals surface area (Å²) < 4.78 is 5.85. The smallest absolute Gasteiger partial charge is 0.223 e. The fraction of sp³-hybridized carbons (Fsp3) is 0.476. The van der Waals surface area contributed by atoms with Gasteiger partial charge >= 0.3 is 0 Å². The molecule has 0 saturated carbocycles. The third kappa shape index (κ3) is 5.20. The van der Waals surface area contributed by atoms with Crippen LogP contribution in [0.15, 0.2) is 48.8 Å². The normalized spacial score (nSPS) is 19.2. The van der Waals surface area contributed by atoms with Gasteiger partial charge in [-0.1, -0.05) is 43.8 Å². The first-order valence-corrected chi connectivity index (χ1v) is 8.91. The summed E-state index contributed by atoms with van der Waals surface area (Å²) in [5, 5.41) is 0. The summed E-state index contributed by atoms with van der Waals surface area (Å²) in [6.07, 6.45) is 5.27. The first kappa shape index (κ1) is 19.3. The summed E-state index contributed by atoms with van der Waals surface area (Å²) in [6.45, 7) is 12.4. The SMILES string of the molecule is C=CC=C(C)OC(C)c1ccc(CN2CCC(C)(C(N)=O)CC2)cc1. The Kier molecular flexibility index (Phi) is 6.43. The van der Waals surface area contributed by atoms with Gasteiger partial charge in [0.1, 0.15) is 6.10 Å². The third-order valence-electron chi connectivity index (χ3n) is 5.13. The summed E-state index contributed by atoms with van der Waals surface area (Å²) in [5.41, 5.74) is 7.60. The van der Waals surface area contributed by atoms with Crippen LogP contribution < -0.4 is 5.73 Å². The minimum Gasteiger partial charge on any atom is -0.491 e. The standard InChI is InChI=1S/C21H30N2O2/c1-5-6-16(2)25-17(3)19-9-7-18(8-10-19)15-23-13-11-21(4,12-14-23)20(22)24/h5-10,17H,1,11-15H2,2-4H3,(H2,22,24). The molecule has 1 saturated heterocycles. The van der Waals surface area contributed by atoms with Gasteiger partial charge in [-0.3, -0.25) is 9.69 Å². The van der Waals surface area contributed by atoms with Gasteiger partial charge < -0.3 is 10.5 Å². The number of ether oxygens (including phenoxy) is 1. The van der Waals surface area contributed by atoms with E-state index in [0.717, 1.165) is 43.8 Å². The van der Waals surface area contributed by atoms with Crippen molar-refractivity contribution in [1.29, 1.82) is 0 Å². The molecule has 1 heterocycles. The monoisotopic (exact) mass is 342 g/mol. The zero-order chi connectivity index (χ0) is 18.4. The highest BCUT2D eigenvalue weighted by molar-refractivity contribution is 5.80. The third-order valence-corrected chi connectivity index (χ3v) is 5.13. The lowest BCUT2D eigenvalue weighted by atomic mass is 9.80. The molecule has 1 aromatic carbocycles. The zero-order valence-electron chi connectivity index (χ0n) is 15.6. The molecule has 1 fully saturated rings. The van der Waals surface area contributed by atoms with Gasteiger partial charge in [0.2, 0.25) is 5.91 Å². The molecule has 136 valence electrons. The topological polar surface area (TPSA) is 55.6 Å². The molecule has 4 heteroatoms. The van der Waals surface area contributed by atoms with Crippen molar-refractivity contribution in [3.63, 3.8) is 0 Å². The number of carbonyl (C=O) groups is 1. The maximum absolute atomic E-state index is 11.5. The Labute approximate surface area is 151 Å². The van der Waals surface area contributed by atoms with Crippen LogP contribution in [-0.4, -0.2) is 23.9 Å². The van der Waals surface area contributed by atoms with Crippen molar-refractivity contribution >= 4 is 5.91 Å². The first-order chi connectivity index (χ1) is 11.8. The quantitative estimate of drug-likeness (QED) is 0.603. The van der Waals surface area contributed by atoms with Crippen molar-refractivity contribution in [1.82, 2.24) is 4.90 Å². The lowest BCUT2D eigenvalue weighted by molar-refractivity contribution is -0.129. The molecule has 0 radical (unpaired) electrons. The predicted molar refractivity (Wildman–Crippen MR) is 102 cm³/mol. The molecule has 1 amide bonds. The molecule has 1 atom stereocenters. The van der Waals surface area contributed by atoms with E-state index < -0.39 is 0 Å². The van der Waals surface area contributed by atoms with Gasteiger partial charge in [0, 0.05) is 12.0 Å².